The standard InChI is InChI=1S/C20H23N/c1-2-6-15(7-3-1)14-18-8-4-5-9-19(18)21-20(16-10-11-16)17-12-13-17/h1-9,16-17,20-21H,10-14H2. The van der Waals surface area contributed by atoms with Gasteiger partial charge in [0, 0.05) is 11.7 Å². The molecular formula is C20H23N. The minimum absolute atomic E-state index is 0.724. The van der Waals surface area contributed by atoms with Crippen LogP contribution in [0.25, 0.3) is 0 Å². The van der Waals surface area contributed by atoms with Crippen LogP contribution in [0.3, 0.4) is 0 Å². The van der Waals surface area contributed by atoms with Gasteiger partial charge in [0.05, 0.1) is 0 Å². The summed E-state index contributed by atoms with van der Waals surface area (Å²) in [6, 6.07) is 20.4. The van der Waals surface area contributed by atoms with E-state index in [1.807, 2.05) is 0 Å². The van der Waals surface area contributed by atoms with Crippen LogP contribution in [-0.2, 0) is 6.42 Å². The lowest BCUT2D eigenvalue weighted by molar-refractivity contribution is 0.567. The minimum Gasteiger partial charge on any atom is -0.382 e. The van der Waals surface area contributed by atoms with Crippen molar-refractivity contribution in [3.63, 3.8) is 0 Å². The molecule has 2 fully saturated rings. The van der Waals surface area contributed by atoms with Crippen LogP contribution in [0.5, 0.6) is 0 Å². The molecule has 2 saturated carbocycles. The summed E-state index contributed by atoms with van der Waals surface area (Å²) < 4.78 is 0. The largest absolute Gasteiger partial charge is 0.382 e. The molecular weight excluding hydrogens is 254 g/mol. The smallest absolute Gasteiger partial charge is 0.0378 e. The van der Waals surface area contributed by atoms with E-state index in [1.54, 1.807) is 0 Å². The van der Waals surface area contributed by atoms with E-state index < -0.39 is 0 Å². The maximum Gasteiger partial charge on any atom is 0.0378 e. The van der Waals surface area contributed by atoms with E-state index in [9.17, 15) is 0 Å². The molecule has 0 unspecified atom stereocenters. The van der Waals surface area contributed by atoms with Crippen molar-refractivity contribution in [2.45, 2.75) is 38.1 Å². The average molecular weight is 277 g/mol. The highest BCUT2D eigenvalue weighted by Gasteiger charge is 2.41. The van der Waals surface area contributed by atoms with E-state index in [-0.39, 0.29) is 0 Å². The quantitative estimate of drug-likeness (QED) is 0.793. The van der Waals surface area contributed by atoms with Gasteiger partial charge in [0.2, 0.25) is 0 Å². The molecule has 2 aromatic rings. The van der Waals surface area contributed by atoms with Crippen molar-refractivity contribution in [1.82, 2.24) is 0 Å². The highest BCUT2D eigenvalue weighted by molar-refractivity contribution is 5.54. The summed E-state index contributed by atoms with van der Waals surface area (Å²) in [4.78, 5) is 0. The summed E-state index contributed by atoms with van der Waals surface area (Å²) in [6.07, 6.45) is 6.72. The SMILES string of the molecule is c1ccc(Cc2ccccc2NC(C2CC2)C2CC2)cc1. The molecule has 2 aliphatic carbocycles. The fourth-order valence-electron chi connectivity index (χ4n) is 3.34. The third kappa shape index (κ3) is 3.12. The molecule has 0 aliphatic heterocycles. The number of hydrogen-bond acceptors (Lipinski definition) is 1. The predicted molar refractivity (Wildman–Crippen MR) is 88.5 cm³/mol. The van der Waals surface area contributed by atoms with Crippen molar-refractivity contribution < 1.29 is 0 Å². The van der Waals surface area contributed by atoms with Crippen LogP contribution in [0, 0.1) is 11.8 Å². The molecule has 0 atom stereocenters. The van der Waals surface area contributed by atoms with Gasteiger partial charge in [-0.25, -0.2) is 0 Å². The molecule has 1 heteroatoms. The lowest BCUT2D eigenvalue weighted by Crippen LogP contribution is -2.24. The highest BCUT2D eigenvalue weighted by atomic mass is 15.0. The molecule has 0 amide bonds. The lowest BCUT2D eigenvalue weighted by Gasteiger charge is -2.21. The van der Waals surface area contributed by atoms with Gasteiger partial charge in [-0.2, -0.15) is 0 Å². The van der Waals surface area contributed by atoms with Crippen molar-refractivity contribution in [3.8, 4) is 0 Å². The number of rotatable bonds is 6. The summed E-state index contributed by atoms with van der Waals surface area (Å²) in [5.41, 5.74) is 4.17. The molecule has 0 saturated heterocycles. The van der Waals surface area contributed by atoms with Crippen LogP contribution in [0.2, 0.25) is 0 Å². The van der Waals surface area contributed by atoms with Crippen LogP contribution in [0.4, 0.5) is 5.69 Å². The minimum atomic E-state index is 0.724. The normalized spacial score (nSPS) is 18.0. The maximum absolute atomic E-state index is 3.89. The number of para-hydroxylation sites is 1. The van der Waals surface area contributed by atoms with E-state index in [0.717, 1.165) is 24.3 Å². The van der Waals surface area contributed by atoms with Gasteiger partial charge in [0.1, 0.15) is 0 Å². The second-order valence-corrected chi connectivity index (χ2v) is 6.66. The Bertz CT molecular complexity index is 584. The van der Waals surface area contributed by atoms with E-state index in [2.05, 4.69) is 59.9 Å². The van der Waals surface area contributed by atoms with Gasteiger partial charge >= 0.3 is 0 Å². The van der Waals surface area contributed by atoms with Crippen molar-refractivity contribution in [3.05, 3.63) is 65.7 Å². The Balaban J connectivity index is 1.54. The molecule has 0 bridgehead atoms. The number of hydrogen-bond donors (Lipinski definition) is 1. The maximum atomic E-state index is 3.89. The first kappa shape index (κ1) is 12.9. The lowest BCUT2D eigenvalue weighted by atomic mass is 10.0. The second kappa shape index (κ2) is 5.55. The summed E-state index contributed by atoms with van der Waals surface area (Å²) >= 11 is 0. The Hall–Kier alpha value is -1.76. The Morgan fingerprint density at radius 3 is 2.10 bits per heavy atom. The van der Waals surface area contributed by atoms with Crippen LogP contribution >= 0.6 is 0 Å². The van der Waals surface area contributed by atoms with Gasteiger partial charge in [-0.3, -0.25) is 0 Å². The fraction of sp³-hybridized carbons (Fsp3) is 0.400. The van der Waals surface area contributed by atoms with Crippen LogP contribution in [0.1, 0.15) is 36.8 Å². The third-order valence-corrected chi connectivity index (χ3v) is 4.84. The molecule has 0 radical (unpaired) electrons. The molecule has 1 nitrogen and oxygen atoms in total. The van der Waals surface area contributed by atoms with Gasteiger partial charge in [0.15, 0.2) is 0 Å². The van der Waals surface area contributed by atoms with E-state index >= 15 is 0 Å². The van der Waals surface area contributed by atoms with Crippen molar-refractivity contribution in [2.75, 3.05) is 5.32 Å². The van der Waals surface area contributed by atoms with Gasteiger partial charge in [0.25, 0.3) is 0 Å². The Morgan fingerprint density at radius 1 is 0.810 bits per heavy atom. The molecule has 2 aromatic carbocycles. The molecule has 0 aromatic heterocycles. The second-order valence-electron chi connectivity index (χ2n) is 6.66. The van der Waals surface area contributed by atoms with E-state index in [0.29, 0.717) is 0 Å². The van der Waals surface area contributed by atoms with Crippen LogP contribution < -0.4 is 5.32 Å². The number of benzene rings is 2. The van der Waals surface area contributed by atoms with Crippen LogP contribution in [-0.4, -0.2) is 6.04 Å². The van der Waals surface area contributed by atoms with E-state index in [1.165, 1.54) is 42.5 Å². The Kier molecular flexibility index (Phi) is 3.42. The zero-order chi connectivity index (χ0) is 14.1. The Morgan fingerprint density at radius 2 is 1.43 bits per heavy atom. The van der Waals surface area contributed by atoms with E-state index in [4.69, 9.17) is 0 Å². The zero-order valence-corrected chi connectivity index (χ0v) is 12.5. The predicted octanol–water partition coefficient (Wildman–Crippen LogP) is 4.88. The molecule has 2 aliphatic rings. The molecule has 21 heavy (non-hydrogen) atoms. The Labute approximate surface area is 127 Å². The van der Waals surface area contributed by atoms with Crippen molar-refractivity contribution in [2.24, 2.45) is 11.8 Å². The summed E-state index contributed by atoms with van der Waals surface area (Å²) in [5, 5.41) is 3.89. The molecule has 1 N–H and O–H groups in total. The summed E-state index contributed by atoms with van der Waals surface area (Å²) in [7, 11) is 0. The van der Waals surface area contributed by atoms with Gasteiger partial charge in [-0.05, 0) is 61.1 Å². The monoisotopic (exact) mass is 277 g/mol. The topological polar surface area (TPSA) is 12.0 Å². The summed E-state index contributed by atoms with van der Waals surface area (Å²) in [5.74, 6) is 1.87. The molecule has 0 heterocycles. The number of anilines is 1. The first-order valence-corrected chi connectivity index (χ1v) is 8.28. The molecule has 108 valence electrons. The highest BCUT2D eigenvalue weighted by Crippen LogP contribution is 2.46. The van der Waals surface area contributed by atoms with Gasteiger partial charge < -0.3 is 5.32 Å². The first-order chi connectivity index (χ1) is 10.4. The average Bonchev–Trinajstić information content (AvgIpc) is 3.40. The fourth-order valence-corrected chi connectivity index (χ4v) is 3.34. The van der Waals surface area contributed by atoms with Gasteiger partial charge in [-0.1, -0.05) is 48.5 Å². The van der Waals surface area contributed by atoms with Crippen molar-refractivity contribution in [1.29, 1.82) is 0 Å². The van der Waals surface area contributed by atoms with Gasteiger partial charge in [-0.15, -0.1) is 0 Å². The zero-order valence-electron chi connectivity index (χ0n) is 12.5. The first-order valence-electron chi connectivity index (χ1n) is 8.28. The molecule has 0 spiro atoms. The third-order valence-electron chi connectivity index (χ3n) is 4.84. The summed E-state index contributed by atoms with van der Waals surface area (Å²) in [6.45, 7) is 0. The number of nitrogens with one attached hydrogen (secondary N) is 1. The van der Waals surface area contributed by atoms with Crippen molar-refractivity contribution >= 4 is 5.69 Å². The molecule has 4 rings (SSSR count). The van der Waals surface area contributed by atoms with Crippen LogP contribution in [0.15, 0.2) is 54.6 Å².